The van der Waals surface area contributed by atoms with E-state index in [0.717, 1.165) is 29.7 Å². The van der Waals surface area contributed by atoms with Crippen molar-refractivity contribution in [2.75, 3.05) is 44.7 Å². The SMILES string of the molecule is CCN(C)C(=O)COc1ccc(-c2noc(C3CCN(C(=O)C4CC(=O)N(c5ccc(C)c(C)c5)C4)CC3)n2)cc1. The fraction of sp³-hybridized carbons (Fsp3) is 0.452. The van der Waals surface area contributed by atoms with Crippen molar-refractivity contribution >= 4 is 23.4 Å². The van der Waals surface area contributed by atoms with Gasteiger partial charge >= 0.3 is 0 Å². The summed E-state index contributed by atoms with van der Waals surface area (Å²) in [5.41, 5.74) is 3.95. The summed E-state index contributed by atoms with van der Waals surface area (Å²) in [5, 5.41) is 4.16. The monoisotopic (exact) mass is 559 g/mol. The molecule has 41 heavy (non-hydrogen) atoms. The summed E-state index contributed by atoms with van der Waals surface area (Å²) in [6.45, 7) is 8.20. The first-order valence-corrected chi connectivity index (χ1v) is 14.2. The molecule has 2 aromatic carbocycles. The number of carbonyl (C=O) groups excluding carboxylic acids is 3. The molecule has 3 aromatic rings. The number of carbonyl (C=O) groups is 3. The van der Waals surface area contributed by atoms with Gasteiger partial charge in [-0.2, -0.15) is 4.98 Å². The Morgan fingerprint density at radius 3 is 2.49 bits per heavy atom. The highest BCUT2D eigenvalue weighted by atomic mass is 16.5. The predicted molar refractivity (Wildman–Crippen MR) is 153 cm³/mol. The molecule has 1 aromatic heterocycles. The van der Waals surface area contributed by atoms with E-state index in [4.69, 9.17) is 9.26 Å². The molecule has 3 heterocycles. The average Bonchev–Trinajstić information content (AvgIpc) is 3.64. The van der Waals surface area contributed by atoms with Gasteiger partial charge in [-0.05, 0) is 81.1 Å². The molecule has 3 amide bonds. The van der Waals surface area contributed by atoms with E-state index in [2.05, 4.69) is 10.1 Å². The van der Waals surface area contributed by atoms with E-state index in [0.29, 0.717) is 43.6 Å². The van der Waals surface area contributed by atoms with Crippen LogP contribution in [0.2, 0.25) is 0 Å². The van der Waals surface area contributed by atoms with Crippen molar-refractivity contribution in [3.05, 3.63) is 59.5 Å². The first-order valence-electron chi connectivity index (χ1n) is 14.2. The van der Waals surface area contributed by atoms with Crippen LogP contribution in [0.25, 0.3) is 11.4 Å². The number of likely N-dealkylation sites (tertiary alicyclic amines) is 1. The minimum absolute atomic E-state index is 0.00272. The quantitative estimate of drug-likeness (QED) is 0.411. The van der Waals surface area contributed by atoms with Crippen LogP contribution in [0.3, 0.4) is 0 Å². The van der Waals surface area contributed by atoms with Crippen molar-refractivity contribution in [1.29, 1.82) is 0 Å². The number of amides is 3. The Morgan fingerprint density at radius 1 is 1.07 bits per heavy atom. The van der Waals surface area contributed by atoms with Gasteiger partial charge in [0.1, 0.15) is 5.75 Å². The van der Waals surface area contributed by atoms with Gasteiger partial charge in [-0.25, -0.2) is 0 Å². The molecule has 1 unspecified atom stereocenters. The van der Waals surface area contributed by atoms with Crippen LogP contribution in [-0.4, -0.2) is 77.5 Å². The molecule has 216 valence electrons. The van der Waals surface area contributed by atoms with E-state index >= 15 is 0 Å². The Labute approximate surface area is 240 Å². The highest BCUT2D eigenvalue weighted by molar-refractivity contribution is 6.00. The van der Waals surface area contributed by atoms with Crippen LogP contribution in [0.4, 0.5) is 5.69 Å². The van der Waals surface area contributed by atoms with Gasteiger partial charge in [-0.15, -0.1) is 0 Å². The van der Waals surface area contributed by atoms with E-state index in [1.54, 1.807) is 29.0 Å². The Balaban J connectivity index is 1.13. The zero-order chi connectivity index (χ0) is 29.1. The molecule has 2 saturated heterocycles. The van der Waals surface area contributed by atoms with Crippen molar-refractivity contribution in [2.45, 2.75) is 46.0 Å². The van der Waals surface area contributed by atoms with Crippen LogP contribution in [0.15, 0.2) is 47.0 Å². The summed E-state index contributed by atoms with van der Waals surface area (Å²) in [6, 6.07) is 13.2. The Bertz CT molecular complexity index is 1410. The van der Waals surface area contributed by atoms with Crippen LogP contribution in [-0.2, 0) is 14.4 Å². The standard InChI is InChI=1S/C31H37N5O5/c1-5-34(4)28(38)19-40-26-10-7-22(8-11-26)29-32-30(41-33-29)23-12-14-35(15-13-23)31(39)24-17-27(37)36(18-24)25-9-6-20(2)21(3)16-25/h6-11,16,23-24H,5,12-15,17-19H2,1-4H3. The lowest BCUT2D eigenvalue weighted by molar-refractivity contribution is -0.137. The molecule has 0 saturated carbocycles. The molecule has 0 aliphatic carbocycles. The molecule has 2 aliphatic rings. The third-order valence-corrected chi connectivity index (χ3v) is 8.25. The van der Waals surface area contributed by atoms with Crippen LogP contribution >= 0.6 is 0 Å². The number of likely N-dealkylation sites (N-methyl/N-ethyl adjacent to an activating group) is 1. The zero-order valence-electron chi connectivity index (χ0n) is 24.1. The molecule has 2 aliphatic heterocycles. The van der Waals surface area contributed by atoms with E-state index in [-0.39, 0.29) is 42.6 Å². The maximum absolute atomic E-state index is 13.3. The predicted octanol–water partition coefficient (Wildman–Crippen LogP) is 3.97. The fourth-order valence-electron chi connectivity index (χ4n) is 5.27. The highest BCUT2D eigenvalue weighted by Crippen LogP contribution is 2.32. The number of piperidine rings is 1. The van der Waals surface area contributed by atoms with Crippen LogP contribution in [0.1, 0.15) is 49.1 Å². The summed E-state index contributed by atoms with van der Waals surface area (Å²) in [4.78, 5) is 47.8. The lowest BCUT2D eigenvalue weighted by Crippen LogP contribution is -2.42. The zero-order valence-corrected chi connectivity index (χ0v) is 24.1. The van der Waals surface area contributed by atoms with Gasteiger partial charge in [0.05, 0.1) is 5.92 Å². The molecule has 0 bridgehead atoms. The normalized spacial score (nSPS) is 17.7. The van der Waals surface area contributed by atoms with Crippen molar-refractivity contribution in [3.63, 3.8) is 0 Å². The van der Waals surface area contributed by atoms with E-state index in [1.807, 2.05) is 56.0 Å². The summed E-state index contributed by atoms with van der Waals surface area (Å²) >= 11 is 0. The second kappa shape index (κ2) is 12.1. The molecule has 1 atom stereocenters. The first kappa shape index (κ1) is 28.3. The molecular weight excluding hydrogens is 522 g/mol. The minimum atomic E-state index is -0.326. The Morgan fingerprint density at radius 2 is 1.80 bits per heavy atom. The summed E-state index contributed by atoms with van der Waals surface area (Å²) < 4.78 is 11.2. The lowest BCUT2D eigenvalue weighted by Gasteiger charge is -2.32. The Hall–Kier alpha value is -4.21. The van der Waals surface area contributed by atoms with Gasteiger partial charge in [-0.3, -0.25) is 14.4 Å². The molecule has 10 nitrogen and oxygen atoms in total. The molecule has 5 rings (SSSR count). The summed E-state index contributed by atoms with van der Waals surface area (Å²) in [6.07, 6.45) is 1.69. The van der Waals surface area contributed by atoms with Gasteiger partial charge < -0.3 is 24.0 Å². The van der Waals surface area contributed by atoms with Gasteiger partial charge in [0.2, 0.25) is 23.5 Å². The number of nitrogens with zero attached hydrogens (tertiary/aromatic N) is 5. The molecule has 0 radical (unpaired) electrons. The number of rotatable bonds is 8. The Kier molecular flexibility index (Phi) is 8.37. The van der Waals surface area contributed by atoms with Crippen molar-refractivity contribution in [3.8, 4) is 17.1 Å². The van der Waals surface area contributed by atoms with E-state index < -0.39 is 0 Å². The number of aromatic nitrogens is 2. The third kappa shape index (κ3) is 6.26. The summed E-state index contributed by atoms with van der Waals surface area (Å²) in [5.74, 6) is 1.35. The number of ether oxygens (including phenoxy) is 1. The van der Waals surface area contributed by atoms with Gasteiger partial charge in [0.25, 0.3) is 5.91 Å². The lowest BCUT2D eigenvalue weighted by atomic mass is 9.95. The largest absolute Gasteiger partial charge is 0.484 e. The van der Waals surface area contributed by atoms with Gasteiger partial charge in [0.15, 0.2) is 6.61 Å². The second-order valence-electron chi connectivity index (χ2n) is 11.0. The maximum atomic E-state index is 13.3. The average molecular weight is 560 g/mol. The molecule has 10 heteroatoms. The second-order valence-corrected chi connectivity index (χ2v) is 11.0. The number of benzene rings is 2. The van der Waals surface area contributed by atoms with E-state index in [1.165, 1.54) is 5.56 Å². The number of hydrogen-bond acceptors (Lipinski definition) is 7. The smallest absolute Gasteiger partial charge is 0.260 e. The molecule has 0 spiro atoms. The van der Waals surface area contributed by atoms with Crippen molar-refractivity contribution in [1.82, 2.24) is 19.9 Å². The van der Waals surface area contributed by atoms with Crippen LogP contribution < -0.4 is 9.64 Å². The highest BCUT2D eigenvalue weighted by Gasteiger charge is 2.38. The molecule has 2 fully saturated rings. The van der Waals surface area contributed by atoms with Crippen molar-refractivity contribution < 1.29 is 23.6 Å². The van der Waals surface area contributed by atoms with Gasteiger partial charge in [0, 0.05) is 56.8 Å². The third-order valence-electron chi connectivity index (χ3n) is 8.25. The topological polar surface area (TPSA) is 109 Å². The number of anilines is 1. The number of aryl methyl sites for hydroxylation is 2. The van der Waals surface area contributed by atoms with E-state index in [9.17, 15) is 14.4 Å². The molecular formula is C31H37N5O5. The van der Waals surface area contributed by atoms with Gasteiger partial charge in [-0.1, -0.05) is 11.2 Å². The molecule has 0 N–H and O–H groups in total. The van der Waals surface area contributed by atoms with Crippen molar-refractivity contribution in [2.24, 2.45) is 5.92 Å². The maximum Gasteiger partial charge on any atom is 0.260 e. The van der Waals surface area contributed by atoms with Crippen LogP contribution in [0.5, 0.6) is 5.75 Å². The summed E-state index contributed by atoms with van der Waals surface area (Å²) in [7, 11) is 1.74. The fourth-order valence-corrected chi connectivity index (χ4v) is 5.27. The minimum Gasteiger partial charge on any atom is -0.484 e. The number of hydrogen-bond donors (Lipinski definition) is 0. The van der Waals surface area contributed by atoms with Crippen LogP contribution in [0, 0.1) is 19.8 Å². The first-order chi connectivity index (χ1) is 19.7.